The van der Waals surface area contributed by atoms with E-state index in [-0.39, 0.29) is 25.2 Å². The van der Waals surface area contributed by atoms with Gasteiger partial charge in [-0.25, -0.2) is 5.10 Å². The van der Waals surface area contributed by atoms with Gasteiger partial charge in [0.25, 0.3) is 5.91 Å². The van der Waals surface area contributed by atoms with Crippen LogP contribution in [0.5, 0.6) is 11.5 Å². The number of rotatable bonds is 4. The van der Waals surface area contributed by atoms with Crippen molar-refractivity contribution in [2.24, 2.45) is 0 Å². The lowest BCUT2D eigenvalue weighted by Gasteiger charge is -2.05. The maximum atomic E-state index is 11.9. The second-order valence-electron chi connectivity index (χ2n) is 4.13. The highest BCUT2D eigenvalue weighted by Gasteiger charge is 2.16. The molecule has 0 saturated heterocycles. The van der Waals surface area contributed by atoms with Crippen molar-refractivity contribution in [3.05, 3.63) is 30.1 Å². The summed E-state index contributed by atoms with van der Waals surface area (Å²) in [7, 11) is 0. The Balaban J connectivity index is 1.55. The molecule has 2 amide bonds. The molecule has 1 aromatic heterocycles. The zero-order valence-corrected chi connectivity index (χ0v) is 10.8. The number of amides is 2. The van der Waals surface area contributed by atoms with Gasteiger partial charge < -0.3 is 14.8 Å². The minimum absolute atomic E-state index is 0.139. The second-order valence-corrected chi connectivity index (χ2v) is 4.13. The third-order valence-corrected chi connectivity index (χ3v) is 2.72. The van der Waals surface area contributed by atoms with E-state index in [1.807, 2.05) is 0 Å². The minimum Gasteiger partial charge on any atom is -0.454 e. The predicted octanol–water partition coefficient (Wildman–Crippen LogP) is -0.0981. The fourth-order valence-corrected chi connectivity index (χ4v) is 1.74. The molecule has 0 atom stereocenters. The molecule has 9 heteroatoms. The van der Waals surface area contributed by atoms with E-state index in [0.29, 0.717) is 17.1 Å². The number of hydrogen-bond acceptors (Lipinski definition) is 6. The van der Waals surface area contributed by atoms with Crippen LogP contribution in [-0.4, -0.2) is 40.3 Å². The Morgan fingerprint density at radius 2 is 2.14 bits per heavy atom. The summed E-state index contributed by atoms with van der Waals surface area (Å²) in [5.41, 5.74) is 0.381. The van der Waals surface area contributed by atoms with Gasteiger partial charge in [-0.2, -0.15) is 10.1 Å². The molecule has 9 nitrogen and oxygen atoms in total. The van der Waals surface area contributed by atoms with E-state index in [2.05, 4.69) is 25.8 Å². The standard InChI is InChI=1S/C12H11N5O4/c18-10(16-12-14-5-15-17-12)4-13-11(19)7-1-2-8-9(3-7)21-6-20-8/h1-3,5H,4,6H2,(H,13,19)(H2,14,15,16,17,18). The fourth-order valence-electron chi connectivity index (χ4n) is 1.74. The first-order valence-corrected chi connectivity index (χ1v) is 6.05. The molecule has 2 aromatic rings. The molecule has 0 fully saturated rings. The van der Waals surface area contributed by atoms with Crippen LogP contribution < -0.4 is 20.1 Å². The zero-order chi connectivity index (χ0) is 14.7. The number of aromatic amines is 1. The van der Waals surface area contributed by atoms with E-state index in [4.69, 9.17) is 9.47 Å². The van der Waals surface area contributed by atoms with Crippen LogP contribution in [0.3, 0.4) is 0 Å². The Morgan fingerprint density at radius 3 is 2.95 bits per heavy atom. The Labute approximate surface area is 118 Å². The lowest BCUT2D eigenvalue weighted by Crippen LogP contribution is -2.33. The van der Waals surface area contributed by atoms with Crippen LogP contribution in [-0.2, 0) is 4.79 Å². The number of carbonyl (C=O) groups is 2. The number of benzene rings is 1. The number of H-pyrrole nitrogens is 1. The van der Waals surface area contributed by atoms with Crippen molar-refractivity contribution in [1.29, 1.82) is 0 Å². The van der Waals surface area contributed by atoms with Gasteiger partial charge in [0.2, 0.25) is 18.6 Å². The number of nitrogens with zero attached hydrogens (tertiary/aromatic N) is 2. The van der Waals surface area contributed by atoms with Crippen LogP contribution in [0, 0.1) is 0 Å². The van der Waals surface area contributed by atoms with Gasteiger partial charge in [0.15, 0.2) is 11.5 Å². The van der Waals surface area contributed by atoms with Crippen LogP contribution >= 0.6 is 0 Å². The summed E-state index contributed by atoms with van der Waals surface area (Å²) in [4.78, 5) is 27.2. The van der Waals surface area contributed by atoms with Gasteiger partial charge in [0.05, 0.1) is 6.54 Å². The van der Waals surface area contributed by atoms with E-state index in [9.17, 15) is 9.59 Å². The molecule has 1 aliphatic heterocycles. The molecule has 0 bridgehead atoms. The largest absolute Gasteiger partial charge is 0.454 e. The molecule has 0 spiro atoms. The molecule has 0 saturated carbocycles. The highest BCUT2D eigenvalue weighted by molar-refractivity contribution is 5.99. The first kappa shape index (κ1) is 12.9. The molecule has 1 aliphatic rings. The SMILES string of the molecule is O=C(CNC(=O)c1ccc2c(c1)OCO2)Nc1ncn[nH]1. The second kappa shape index (κ2) is 5.49. The number of fused-ring (bicyclic) bond motifs is 1. The van der Waals surface area contributed by atoms with Gasteiger partial charge in [-0.15, -0.1) is 0 Å². The average molecular weight is 289 g/mol. The monoisotopic (exact) mass is 289 g/mol. The van der Waals surface area contributed by atoms with Crippen molar-refractivity contribution < 1.29 is 19.1 Å². The molecular formula is C12H11N5O4. The summed E-state index contributed by atoms with van der Waals surface area (Å²) >= 11 is 0. The first-order chi connectivity index (χ1) is 10.2. The molecular weight excluding hydrogens is 278 g/mol. The highest BCUT2D eigenvalue weighted by Crippen LogP contribution is 2.32. The van der Waals surface area contributed by atoms with Crippen molar-refractivity contribution in [3.63, 3.8) is 0 Å². The smallest absolute Gasteiger partial charge is 0.251 e. The van der Waals surface area contributed by atoms with Gasteiger partial charge in [-0.05, 0) is 18.2 Å². The molecule has 0 aliphatic carbocycles. The Hall–Kier alpha value is -3.10. The summed E-state index contributed by atoms with van der Waals surface area (Å²) in [6.07, 6.45) is 1.26. The molecule has 2 heterocycles. The Kier molecular flexibility index (Phi) is 3.37. The number of ether oxygens (including phenoxy) is 2. The zero-order valence-electron chi connectivity index (χ0n) is 10.8. The van der Waals surface area contributed by atoms with E-state index < -0.39 is 5.91 Å². The van der Waals surface area contributed by atoms with E-state index in [0.717, 1.165) is 0 Å². The van der Waals surface area contributed by atoms with Gasteiger partial charge in [-0.3, -0.25) is 14.9 Å². The van der Waals surface area contributed by atoms with Gasteiger partial charge in [0.1, 0.15) is 6.33 Å². The lowest BCUT2D eigenvalue weighted by atomic mass is 10.2. The molecule has 108 valence electrons. The third kappa shape index (κ3) is 2.91. The van der Waals surface area contributed by atoms with Crippen LogP contribution in [0.4, 0.5) is 5.95 Å². The average Bonchev–Trinajstić information content (AvgIpc) is 3.14. The number of carbonyl (C=O) groups excluding carboxylic acids is 2. The summed E-state index contributed by atoms with van der Waals surface area (Å²) in [6.45, 7) is -0.0476. The normalized spacial score (nSPS) is 12.0. The van der Waals surface area contributed by atoms with Crippen LogP contribution in [0.25, 0.3) is 0 Å². The predicted molar refractivity (Wildman–Crippen MR) is 69.9 cm³/mol. The van der Waals surface area contributed by atoms with Crippen molar-refractivity contribution in [1.82, 2.24) is 20.5 Å². The van der Waals surface area contributed by atoms with E-state index >= 15 is 0 Å². The summed E-state index contributed by atoms with van der Waals surface area (Å²) < 4.78 is 10.3. The number of aromatic nitrogens is 3. The lowest BCUT2D eigenvalue weighted by molar-refractivity contribution is -0.115. The van der Waals surface area contributed by atoms with Crippen molar-refractivity contribution in [2.45, 2.75) is 0 Å². The van der Waals surface area contributed by atoms with Crippen molar-refractivity contribution >= 4 is 17.8 Å². The number of hydrogen-bond donors (Lipinski definition) is 3. The molecule has 0 radical (unpaired) electrons. The number of nitrogens with one attached hydrogen (secondary N) is 3. The quantitative estimate of drug-likeness (QED) is 0.723. The maximum Gasteiger partial charge on any atom is 0.251 e. The molecule has 0 unspecified atom stereocenters. The van der Waals surface area contributed by atoms with Crippen molar-refractivity contribution in [2.75, 3.05) is 18.7 Å². The molecule has 3 N–H and O–H groups in total. The summed E-state index contributed by atoms with van der Waals surface area (Å²) in [6, 6.07) is 4.80. The molecule has 3 rings (SSSR count). The Morgan fingerprint density at radius 1 is 1.29 bits per heavy atom. The van der Waals surface area contributed by atoms with Crippen LogP contribution in [0.15, 0.2) is 24.5 Å². The van der Waals surface area contributed by atoms with Crippen LogP contribution in [0.2, 0.25) is 0 Å². The Bertz CT molecular complexity index is 670. The van der Waals surface area contributed by atoms with Gasteiger partial charge in [0, 0.05) is 5.56 Å². The fraction of sp³-hybridized carbons (Fsp3) is 0.167. The van der Waals surface area contributed by atoms with E-state index in [1.165, 1.54) is 6.33 Å². The number of anilines is 1. The van der Waals surface area contributed by atoms with Gasteiger partial charge >= 0.3 is 0 Å². The van der Waals surface area contributed by atoms with Gasteiger partial charge in [-0.1, -0.05) is 0 Å². The minimum atomic E-state index is -0.416. The van der Waals surface area contributed by atoms with Crippen LogP contribution in [0.1, 0.15) is 10.4 Å². The van der Waals surface area contributed by atoms with E-state index in [1.54, 1.807) is 18.2 Å². The van der Waals surface area contributed by atoms with Crippen molar-refractivity contribution in [3.8, 4) is 11.5 Å². The molecule has 1 aromatic carbocycles. The maximum absolute atomic E-state index is 11.9. The topological polar surface area (TPSA) is 118 Å². The summed E-state index contributed by atoms with van der Waals surface area (Å²) in [5.74, 6) is 0.516. The highest BCUT2D eigenvalue weighted by atomic mass is 16.7. The third-order valence-electron chi connectivity index (χ3n) is 2.72. The summed E-state index contributed by atoms with van der Waals surface area (Å²) in [5, 5.41) is 11.0. The molecule has 21 heavy (non-hydrogen) atoms. The first-order valence-electron chi connectivity index (χ1n) is 6.05.